The SMILES string of the molecule is CC1=CC(C)=C2C=CC3=C4C(=CC=C1C24)C(C)C=C3C.Cc1ccc(C)c2c(C)ccc(C)c12.Cc1ccc2c(C)c(C)ccc2c1C. The standard InChI is InChI=1S/C20H20.2C14H16/c1-11-9-12(2)16-7-8-18-14(4)10-13(3)17-6-5-15(11)19(16)20(17)18;1-9-5-7-14-12(4)10(2)6-8-13(14)11(9)3;1-9-5-6-11(3)14-12(4)8-7-10(2)13(9)14/h5-11,20H,1-4H3;2*5-8H,1-4H3. The molecule has 0 amide bonds. The van der Waals surface area contributed by atoms with E-state index in [1.54, 1.807) is 5.57 Å². The molecular formula is C48H52. The Kier molecular flexibility index (Phi) is 8.99. The van der Waals surface area contributed by atoms with E-state index in [1.807, 2.05) is 0 Å². The lowest BCUT2D eigenvalue weighted by molar-refractivity contribution is 0.739. The molecule has 0 aromatic heterocycles. The third-order valence-electron chi connectivity index (χ3n) is 11.4. The highest BCUT2D eigenvalue weighted by Crippen LogP contribution is 2.52. The van der Waals surface area contributed by atoms with Crippen molar-refractivity contribution in [1.82, 2.24) is 0 Å². The zero-order valence-electron chi connectivity index (χ0n) is 31.2. The molecule has 244 valence electrons. The van der Waals surface area contributed by atoms with Gasteiger partial charge in [0.05, 0.1) is 0 Å². The lowest BCUT2D eigenvalue weighted by atomic mass is 9.63. The number of aryl methyl sites for hydroxylation is 8. The van der Waals surface area contributed by atoms with E-state index >= 15 is 0 Å². The summed E-state index contributed by atoms with van der Waals surface area (Å²) >= 11 is 0. The van der Waals surface area contributed by atoms with E-state index in [2.05, 4.69) is 168 Å². The van der Waals surface area contributed by atoms with Gasteiger partial charge < -0.3 is 0 Å². The van der Waals surface area contributed by atoms with Gasteiger partial charge in [0.1, 0.15) is 0 Å². The summed E-state index contributed by atoms with van der Waals surface area (Å²) in [6.45, 7) is 26.6. The second-order valence-corrected chi connectivity index (χ2v) is 14.7. The molecule has 0 N–H and O–H groups in total. The second-order valence-electron chi connectivity index (χ2n) is 14.7. The van der Waals surface area contributed by atoms with Gasteiger partial charge in [-0.1, -0.05) is 91.9 Å². The Labute approximate surface area is 289 Å². The van der Waals surface area contributed by atoms with Crippen molar-refractivity contribution in [2.45, 2.75) is 83.1 Å². The van der Waals surface area contributed by atoms with Crippen molar-refractivity contribution in [3.63, 3.8) is 0 Å². The minimum absolute atomic E-state index is 0.478. The summed E-state index contributed by atoms with van der Waals surface area (Å²) in [5.41, 5.74) is 22.9. The predicted molar refractivity (Wildman–Crippen MR) is 211 cm³/mol. The maximum atomic E-state index is 2.40. The first kappa shape index (κ1) is 33.5. The van der Waals surface area contributed by atoms with Crippen molar-refractivity contribution < 1.29 is 0 Å². The van der Waals surface area contributed by atoms with Crippen molar-refractivity contribution in [3.8, 4) is 0 Å². The summed E-state index contributed by atoms with van der Waals surface area (Å²) in [6.07, 6.45) is 14.1. The molecule has 2 unspecified atom stereocenters. The molecule has 48 heavy (non-hydrogen) atoms. The van der Waals surface area contributed by atoms with E-state index in [0.717, 1.165) is 0 Å². The number of fused-ring (bicyclic) bond motifs is 2. The molecule has 0 saturated heterocycles. The van der Waals surface area contributed by atoms with E-state index < -0.39 is 0 Å². The van der Waals surface area contributed by atoms with Gasteiger partial charge in [0.25, 0.3) is 0 Å². The third-order valence-corrected chi connectivity index (χ3v) is 11.4. The maximum Gasteiger partial charge on any atom is 0.0354 e. The Morgan fingerprint density at radius 2 is 0.938 bits per heavy atom. The Bertz CT molecular complexity index is 2090. The Morgan fingerprint density at radius 3 is 1.44 bits per heavy atom. The minimum atomic E-state index is 0.478. The molecule has 0 fully saturated rings. The van der Waals surface area contributed by atoms with Crippen LogP contribution in [0.4, 0.5) is 0 Å². The van der Waals surface area contributed by atoms with Gasteiger partial charge in [-0.25, -0.2) is 0 Å². The molecule has 0 bridgehead atoms. The van der Waals surface area contributed by atoms with E-state index in [4.69, 9.17) is 0 Å². The van der Waals surface area contributed by atoms with Crippen LogP contribution in [0.2, 0.25) is 0 Å². The van der Waals surface area contributed by atoms with Crippen LogP contribution < -0.4 is 0 Å². The van der Waals surface area contributed by atoms with Crippen LogP contribution in [0.5, 0.6) is 0 Å². The zero-order chi connectivity index (χ0) is 34.6. The number of allylic oxidation sites excluding steroid dienone is 14. The Hall–Kier alpha value is -4.42. The number of rotatable bonds is 0. The topological polar surface area (TPSA) is 0 Å². The Morgan fingerprint density at radius 1 is 0.479 bits per heavy atom. The maximum absolute atomic E-state index is 2.40. The summed E-state index contributed by atoms with van der Waals surface area (Å²) in [5.74, 6) is 1.01. The molecule has 8 rings (SSSR count). The van der Waals surface area contributed by atoms with Gasteiger partial charge >= 0.3 is 0 Å². The molecule has 4 aliphatic carbocycles. The lowest BCUT2D eigenvalue weighted by Crippen LogP contribution is -2.26. The van der Waals surface area contributed by atoms with E-state index in [-0.39, 0.29) is 0 Å². The van der Waals surface area contributed by atoms with Gasteiger partial charge in [0, 0.05) is 5.92 Å². The predicted octanol–water partition coefficient (Wildman–Crippen LogP) is 13.4. The fourth-order valence-corrected chi connectivity index (χ4v) is 8.36. The number of hydrogen-bond acceptors (Lipinski definition) is 0. The highest BCUT2D eigenvalue weighted by atomic mass is 14.4. The van der Waals surface area contributed by atoms with Crippen molar-refractivity contribution in [1.29, 1.82) is 0 Å². The summed E-state index contributed by atoms with van der Waals surface area (Å²) < 4.78 is 0. The van der Waals surface area contributed by atoms with E-state index in [9.17, 15) is 0 Å². The van der Waals surface area contributed by atoms with Gasteiger partial charge in [0.15, 0.2) is 0 Å². The molecule has 2 atom stereocenters. The second kappa shape index (κ2) is 12.9. The monoisotopic (exact) mass is 628 g/mol. The first-order valence-corrected chi connectivity index (χ1v) is 17.6. The smallest absolute Gasteiger partial charge is 0.0354 e. The number of hydrogen-bond donors (Lipinski definition) is 0. The highest BCUT2D eigenvalue weighted by Gasteiger charge is 2.37. The highest BCUT2D eigenvalue weighted by molar-refractivity contribution is 5.93. The summed E-state index contributed by atoms with van der Waals surface area (Å²) in [6, 6.07) is 17.7. The van der Waals surface area contributed by atoms with Gasteiger partial charge in [-0.15, -0.1) is 0 Å². The van der Waals surface area contributed by atoms with Crippen LogP contribution in [0.1, 0.15) is 72.2 Å². The average molecular weight is 629 g/mol. The fourth-order valence-electron chi connectivity index (χ4n) is 8.36. The van der Waals surface area contributed by atoms with Gasteiger partial charge in [-0.3, -0.25) is 0 Å². The van der Waals surface area contributed by atoms with Crippen LogP contribution in [0.25, 0.3) is 21.5 Å². The van der Waals surface area contributed by atoms with Crippen LogP contribution in [0.3, 0.4) is 0 Å². The Balaban J connectivity index is 0.000000129. The molecule has 0 saturated carbocycles. The van der Waals surface area contributed by atoms with Crippen LogP contribution in [0, 0.1) is 67.2 Å². The van der Waals surface area contributed by atoms with Gasteiger partial charge in [-0.2, -0.15) is 0 Å². The average Bonchev–Trinajstić information content (AvgIpc) is 3.06. The van der Waals surface area contributed by atoms with Crippen molar-refractivity contribution in [2.24, 2.45) is 11.8 Å². The van der Waals surface area contributed by atoms with Crippen molar-refractivity contribution in [3.05, 3.63) is 174 Å². The minimum Gasteiger partial charge on any atom is -0.0737 e. The molecule has 0 heterocycles. The van der Waals surface area contributed by atoms with Crippen molar-refractivity contribution in [2.75, 3.05) is 0 Å². The quantitative estimate of drug-likeness (QED) is 0.182. The summed E-state index contributed by atoms with van der Waals surface area (Å²) in [4.78, 5) is 0. The van der Waals surface area contributed by atoms with Crippen LogP contribution >= 0.6 is 0 Å². The molecular weight excluding hydrogens is 577 g/mol. The van der Waals surface area contributed by atoms with Crippen molar-refractivity contribution >= 4 is 21.5 Å². The van der Waals surface area contributed by atoms with Gasteiger partial charge in [-0.05, 0) is 193 Å². The summed E-state index contributed by atoms with van der Waals surface area (Å²) in [7, 11) is 0. The van der Waals surface area contributed by atoms with E-state index in [1.165, 1.54) is 105 Å². The molecule has 0 aliphatic heterocycles. The van der Waals surface area contributed by atoms with Gasteiger partial charge in [0.2, 0.25) is 0 Å². The normalized spacial score (nSPS) is 19.1. The van der Waals surface area contributed by atoms with Crippen LogP contribution in [-0.4, -0.2) is 0 Å². The molecule has 0 spiro atoms. The molecule has 0 nitrogen and oxygen atoms in total. The third kappa shape index (κ3) is 5.70. The molecule has 0 radical (unpaired) electrons. The largest absolute Gasteiger partial charge is 0.0737 e. The summed E-state index contributed by atoms with van der Waals surface area (Å²) in [5, 5.41) is 5.66. The van der Waals surface area contributed by atoms with Crippen LogP contribution in [-0.2, 0) is 0 Å². The lowest BCUT2D eigenvalue weighted by Gasteiger charge is -2.40. The molecule has 4 aromatic rings. The fraction of sp³-hybridized carbons (Fsp3) is 0.292. The molecule has 4 aliphatic rings. The first-order valence-electron chi connectivity index (χ1n) is 17.6. The number of benzene rings is 4. The first-order chi connectivity index (χ1) is 22.8. The molecule has 0 heteroatoms. The zero-order valence-corrected chi connectivity index (χ0v) is 31.2. The van der Waals surface area contributed by atoms with Crippen LogP contribution in [0.15, 0.2) is 130 Å². The molecule has 4 aromatic carbocycles. The van der Waals surface area contributed by atoms with E-state index in [0.29, 0.717) is 11.8 Å².